The number of hydrogen-bond acceptors (Lipinski definition) is 0. The normalized spacial score (nSPS) is 12.7. The molecule has 3 heterocycles. The van der Waals surface area contributed by atoms with Crippen LogP contribution in [0.2, 0.25) is 0 Å². The van der Waals surface area contributed by atoms with E-state index in [4.69, 9.17) is 0 Å². The van der Waals surface area contributed by atoms with Crippen molar-refractivity contribution in [1.29, 1.82) is 0 Å². The number of fused-ring (bicyclic) bond motifs is 8. The van der Waals surface area contributed by atoms with Crippen LogP contribution >= 0.6 is 0 Å². The third kappa shape index (κ3) is 2.68. The Morgan fingerprint density at radius 2 is 1.46 bits per heavy atom. The molecule has 0 radical (unpaired) electrons. The summed E-state index contributed by atoms with van der Waals surface area (Å²) in [5, 5.41) is 7.90. The number of benzene rings is 4. The number of pyridine rings is 1. The monoisotopic (exact) mass is 453 g/mol. The topological polar surface area (TPSA) is 8.29 Å². The van der Waals surface area contributed by atoms with Crippen molar-refractivity contribution in [3.05, 3.63) is 96.2 Å². The molecular weight excluding hydrogens is 424 g/mol. The van der Waals surface area contributed by atoms with Gasteiger partial charge in [-0.25, -0.2) is 0 Å². The Labute approximate surface area is 205 Å². The zero-order valence-electron chi connectivity index (χ0n) is 21.0. The van der Waals surface area contributed by atoms with E-state index in [1.165, 1.54) is 71.3 Å². The van der Waals surface area contributed by atoms with Gasteiger partial charge in [-0.2, -0.15) is 4.57 Å². The van der Waals surface area contributed by atoms with Gasteiger partial charge in [0.15, 0.2) is 6.20 Å². The molecule has 0 fully saturated rings. The predicted molar refractivity (Wildman–Crippen MR) is 149 cm³/mol. The minimum atomic E-state index is 0.120. The van der Waals surface area contributed by atoms with Gasteiger partial charge in [0, 0.05) is 21.7 Å². The van der Waals surface area contributed by atoms with Gasteiger partial charge in [0.2, 0.25) is 5.69 Å². The Morgan fingerprint density at radius 3 is 2.26 bits per heavy atom. The van der Waals surface area contributed by atoms with Crippen LogP contribution in [0.15, 0.2) is 85.1 Å². The molecule has 2 nitrogen and oxygen atoms in total. The molecule has 0 aliphatic carbocycles. The van der Waals surface area contributed by atoms with Gasteiger partial charge < -0.3 is 4.40 Å². The van der Waals surface area contributed by atoms with Crippen molar-refractivity contribution < 1.29 is 4.57 Å². The highest BCUT2D eigenvalue weighted by Gasteiger charge is 2.28. The van der Waals surface area contributed by atoms with E-state index in [0.29, 0.717) is 0 Å². The van der Waals surface area contributed by atoms with Crippen molar-refractivity contribution in [3.63, 3.8) is 0 Å². The fourth-order valence-corrected chi connectivity index (χ4v) is 6.06. The smallest absolute Gasteiger partial charge is 0.222 e. The summed E-state index contributed by atoms with van der Waals surface area (Å²) in [5.41, 5.74) is 9.27. The minimum Gasteiger partial charge on any atom is -0.307 e. The quantitative estimate of drug-likeness (QED) is 0.222. The van der Waals surface area contributed by atoms with Gasteiger partial charge in [-0.3, -0.25) is 0 Å². The van der Waals surface area contributed by atoms with E-state index >= 15 is 0 Å². The van der Waals surface area contributed by atoms with Crippen LogP contribution in [0, 0.1) is 6.92 Å². The molecule has 0 aliphatic heterocycles. The number of rotatable bonds is 1. The highest BCUT2D eigenvalue weighted by molar-refractivity contribution is 6.29. The molecule has 3 aromatic heterocycles. The molecule has 0 atom stereocenters. The van der Waals surface area contributed by atoms with Crippen molar-refractivity contribution in [2.45, 2.75) is 33.1 Å². The fraction of sp³-hybridized carbons (Fsp3) is 0.182. The van der Waals surface area contributed by atoms with Gasteiger partial charge >= 0.3 is 0 Å². The van der Waals surface area contributed by atoms with Crippen LogP contribution in [0.3, 0.4) is 0 Å². The van der Waals surface area contributed by atoms with Crippen LogP contribution in [0.25, 0.3) is 60.1 Å². The maximum absolute atomic E-state index is 2.52. The molecule has 0 amide bonds. The largest absolute Gasteiger partial charge is 0.307 e. The Kier molecular flexibility index (Phi) is 3.99. The zero-order valence-corrected chi connectivity index (χ0v) is 21.0. The van der Waals surface area contributed by atoms with Crippen LogP contribution in [-0.4, -0.2) is 4.40 Å². The van der Waals surface area contributed by atoms with Crippen molar-refractivity contribution in [3.8, 4) is 11.3 Å². The molecule has 35 heavy (non-hydrogen) atoms. The summed E-state index contributed by atoms with van der Waals surface area (Å²) in [5.74, 6) is 0. The summed E-state index contributed by atoms with van der Waals surface area (Å²) in [6, 6.07) is 29.3. The van der Waals surface area contributed by atoms with Gasteiger partial charge in [0.05, 0.1) is 27.3 Å². The number of aromatic nitrogens is 2. The first-order valence-corrected chi connectivity index (χ1v) is 12.4. The standard InChI is InChI=1S/C33H29N2/c1-20-10-6-7-11-23(20)31-29-26-16-14-21-18-22(33(2,3)4)15-17-24(21)30(26)35-28-13-9-8-12-25(28)27(32(29)35)19-34(31)5/h6-19H,1-5H3/q+1. The van der Waals surface area contributed by atoms with Crippen LogP contribution in [0.4, 0.5) is 0 Å². The molecule has 0 bridgehead atoms. The maximum Gasteiger partial charge on any atom is 0.222 e. The first-order valence-electron chi connectivity index (χ1n) is 12.4. The van der Waals surface area contributed by atoms with Crippen molar-refractivity contribution >= 4 is 48.9 Å². The Balaban J connectivity index is 1.77. The second-order valence-electron chi connectivity index (χ2n) is 11.0. The van der Waals surface area contributed by atoms with E-state index in [0.717, 1.165) is 0 Å². The van der Waals surface area contributed by atoms with Crippen LogP contribution in [0.5, 0.6) is 0 Å². The van der Waals surface area contributed by atoms with E-state index in [1.807, 2.05) is 0 Å². The van der Waals surface area contributed by atoms with Gasteiger partial charge in [-0.15, -0.1) is 0 Å². The van der Waals surface area contributed by atoms with E-state index in [2.05, 4.69) is 129 Å². The van der Waals surface area contributed by atoms with E-state index in [-0.39, 0.29) is 5.41 Å². The van der Waals surface area contributed by atoms with E-state index in [1.54, 1.807) is 0 Å². The summed E-state index contributed by atoms with van der Waals surface area (Å²) in [6.07, 6.45) is 2.32. The maximum atomic E-state index is 2.52. The lowest BCUT2D eigenvalue weighted by atomic mass is 9.85. The second-order valence-corrected chi connectivity index (χ2v) is 11.0. The fourth-order valence-electron chi connectivity index (χ4n) is 6.06. The lowest BCUT2D eigenvalue weighted by Gasteiger charge is -2.19. The summed E-state index contributed by atoms with van der Waals surface area (Å²) in [4.78, 5) is 0. The molecule has 0 spiro atoms. The SMILES string of the molecule is Cc1ccccc1-c1c2c3ccc4cc(C(C)(C)C)ccc4c3n3c4ccccc4c(c[n+]1C)c23. The molecule has 0 aliphatic rings. The molecule has 0 saturated heterocycles. The number of hydrogen-bond donors (Lipinski definition) is 0. The first kappa shape index (κ1) is 20.5. The summed E-state index contributed by atoms with van der Waals surface area (Å²) in [7, 11) is 2.19. The number of para-hydroxylation sites is 1. The van der Waals surface area contributed by atoms with E-state index in [9.17, 15) is 0 Å². The number of nitrogens with zero attached hydrogens (tertiary/aromatic N) is 2. The van der Waals surface area contributed by atoms with Crippen LogP contribution in [0.1, 0.15) is 31.9 Å². The first-order chi connectivity index (χ1) is 16.8. The molecule has 7 rings (SSSR count). The molecule has 170 valence electrons. The number of aryl methyl sites for hydroxylation is 2. The Morgan fingerprint density at radius 1 is 0.714 bits per heavy atom. The predicted octanol–water partition coefficient (Wildman–Crippen LogP) is 8.09. The van der Waals surface area contributed by atoms with Crippen LogP contribution in [-0.2, 0) is 12.5 Å². The highest BCUT2D eigenvalue weighted by Crippen LogP contribution is 2.44. The van der Waals surface area contributed by atoms with Crippen molar-refractivity contribution in [2.24, 2.45) is 7.05 Å². The third-order valence-electron chi connectivity index (χ3n) is 7.81. The Bertz CT molecular complexity index is 1950. The third-order valence-corrected chi connectivity index (χ3v) is 7.81. The van der Waals surface area contributed by atoms with Gasteiger partial charge in [-0.1, -0.05) is 87.5 Å². The average molecular weight is 454 g/mol. The molecule has 0 saturated carbocycles. The molecule has 4 aromatic carbocycles. The average Bonchev–Trinajstić information content (AvgIpc) is 3.35. The highest BCUT2D eigenvalue weighted by atomic mass is 15.0. The van der Waals surface area contributed by atoms with Crippen molar-refractivity contribution in [1.82, 2.24) is 4.40 Å². The lowest BCUT2D eigenvalue weighted by molar-refractivity contribution is -0.658. The Hall–Kier alpha value is -3.91. The zero-order chi connectivity index (χ0) is 24.1. The molecule has 0 unspecified atom stereocenters. The molecular formula is C33H29N2+. The van der Waals surface area contributed by atoms with Gasteiger partial charge in [0.25, 0.3) is 0 Å². The van der Waals surface area contributed by atoms with Gasteiger partial charge in [0.1, 0.15) is 7.05 Å². The molecule has 2 heteroatoms. The summed E-state index contributed by atoms with van der Waals surface area (Å²) in [6.45, 7) is 9.07. The molecule has 0 N–H and O–H groups in total. The van der Waals surface area contributed by atoms with Crippen molar-refractivity contribution in [2.75, 3.05) is 0 Å². The summed E-state index contributed by atoms with van der Waals surface area (Å²) < 4.78 is 4.86. The van der Waals surface area contributed by atoms with Crippen LogP contribution < -0.4 is 4.57 Å². The minimum absolute atomic E-state index is 0.120. The second kappa shape index (κ2) is 6.82. The molecule has 7 aromatic rings. The van der Waals surface area contributed by atoms with E-state index < -0.39 is 0 Å². The summed E-state index contributed by atoms with van der Waals surface area (Å²) >= 11 is 0. The van der Waals surface area contributed by atoms with Gasteiger partial charge in [-0.05, 0) is 41.0 Å². The lowest BCUT2D eigenvalue weighted by Crippen LogP contribution is -2.30.